The minimum atomic E-state index is -0.939. The number of hydrogen-bond donors (Lipinski definition) is 3. The van der Waals surface area contributed by atoms with Crippen LogP contribution in [0, 0.1) is 11.7 Å². The van der Waals surface area contributed by atoms with Crippen LogP contribution in [0.25, 0.3) is 0 Å². The highest BCUT2D eigenvalue weighted by molar-refractivity contribution is 5.89. The van der Waals surface area contributed by atoms with E-state index < -0.39 is 12.1 Å². The molecule has 0 spiro atoms. The SMILES string of the molecule is CC(O)C(NC(=O)C1CC1)C(=O)NC1CCN(Cc2ccc(F)cc2)CC1. The fourth-order valence-corrected chi connectivity index (χ4v) is 3.40. The van der Waals surface area contributed by atoms with E-state index in [1.54, 1.807) is 12.1 Å². The summed E-state index contributed by atoms with van der Waals surface area (Å²) >= 11 is 0. The van der Waals surface area contributed by atoms with E-state index >= 15 is 0 Å². The molecule has 2 unspecified atom stereocenters. The van der Waals surface area contributed by atoms with E-state index in [0.717, 1.165) is 50.9 Å². The summed E-state index contributed by atoms with van der Waals surface area (Å²) in [5, 5.41) is 15.5. The number of carbonyl (C=O) groups excluding carboxylic acids is 2. The molecule has 1 heterocycles. The maximum atomic E-state index is 13.0. The summed E-state index contributed by atoms with van der Waals surface area (Å²) in [6, 6.07) is 5.64. The first-order valence-corrected chi connectivity index (χ1v) is 9.68. The topological polar surface area (TPSA) is 81.7 Å². The van der Waals surface area contributed by atoms with Gasteiger partial charge in [0.25, 0.3) is 0 Å². The maximum absolute atomic E-state index is 13.0. The molecular weight excluding hydrogens is 349 g/mol. The lowest BCUT2D eigenvalue weighted by atomic mass is 10.0. The number of halogens is 1. The standard InChI is InChI=1S/C20H28FN3O3/c1-13(25)18(23-19(26)15-4-5-15)20(27)22-17-8-10-24(11-9-17)12-14-2-6-16(21)7-3-14/h2-3,6-7,13,15,17-18,25H,4-5,8-12H2,1H3,(H,22,27)(H,23,26). The van der Waals surface area contributed by atoms with Gasteiger partial charge in [-0.3, -0.25) is 14.5 Å². The van der Waals surface area contributed by atoms with Gasteiger partial charge < -0.3 is 15.7 Å². The molecule has 1 aliphatic carbocycles. The smallest absolute Gasteiger partial charge is 0.245 e. The molecule has 2 aliphatic rings. The van der Waals surface area contributed by atoms with Crippen molar-refractivity contribution in [1.82, 2.24) is 15.5 Å². The predicted molar refractivity (Wildman–Crippen MR) is 99.2 cm³/mol. The van der Waals surface area contributed by atoms with Crippen molar-refractivity contribution < 1.29 is 19.1 Å². The highest BCUT2D eigenvalue weighted by atomic mass is 19.1. The van der Waals surface area contributed by atoms with Crippen LogP contribution in [0.3, 0.4) is 0 Å². The van der Waals surface area contributed by atoms with Crippen LogP contribution in [0.1, 0.15) is 38.2 Å². The Labute approximate surface area is 159 Å². The van der Waals surface area contributed by atoms with Crippen molar-refractivity contribution in [2.45, 2.75) is 57.3 Å². The third-order valence-corrected chi connectivity index (χ3v) is 5.26. The van der Waals surface area contributed by atoms with E-state index in [2.05, 4.69) is 15.5 Å². The van der Waals surface area contributed by atoms with Gasteiger partial charge in [0.1, 0.15) is 11.9 Å². The van der Waals surface area contributed by atoms with Gasteiger partial charge in [0.15, 0.2) is 0 Å². The fourth-order valence-electron chi connectivity index (χ4n) is 3.40. The number of hydrogen-bond acceptors (Lipinski definition) is 4. The number of rotatable bonds is 7. The van der Waals surface area contributed by atoms with Gasteiger partial charge in [-0.1, -0.05) is 12.1 Å². The second kappa shape index (κ2) is 8.80. The molecule has 2 atom stereocenters. The van der Waals surface area contributed by atoms with Crippen molar-refractivity contribution in [2.24, 2.45) is 5.92 Å². The van der Waals surface area contributed by atoms with Gasteiger partial charge in [0.2, 0.25) is 11.8 Å². The molecule has 3 rings (SSSR count). The number of benzene rings is 1. The molecule has 7 heteroatoms. The second-order valence-electron chi connectivity index (χ2n) is 7.69. The highest BCUT2D eigenvalue weighted by Gasteiger charge is 2.35. The molecule has 6 nitrogen and oxygen atoms in total. The zero-order chi connectivity index (χ0) is 19.4. The summed E-state index contributed by atoms with van der Waals surface area (Å²) in [5.74, 6) is -0.712. The summed E-state index contributed by atoms with van der Waals surface area (Å²) < 4.78 is 13.0. The zero-order valence-corrected chi connectivity index (χ0v) is 15.7. The largest absolute Gasteiger partial charge is 0.391 e. The van der Waals surface area contributed by atoms with Crippen molar-refractivity contribution >= 4 is 11.8 Å². The van der Waals surface area contributed by atoms with Crippen LogP contribution in [-0.2, 0) is 16.1 Å². The Balaban J connectivity index is 1.44. The zero-order valence-electron chi connectivity index (χ0n) is 15.7. The van der Waals surface area contributed by atoms with Crippen LogP contribution in [0.4, 0.5) is 4.39 Å². The molecule has 1 aromatic rings. The number of likely N-dealkylation sites (tertiary alicyclic amines) is 1. The molecule has 2 amide bonds. The molecule has 148 valence electrons. The Hall–Kier alpha value is -1.99. The molecule has 3 N–H and O–H groups in total. The average Bonchev–Trinajstić information content (AvgIpc) is 3.48. The van der Waals surface area contributed by atoms with E-state index in [-0.39, 0.29) is 29.6 Å². The molecule has 2 fully saturated rings. The number of nitrogens with zero attached hydrogens (tertiary/aromatic N) is 1. The van der Waals surface area contributed by atoms with Crippen LogP contribution < -0.4 is 10.6 Å². The van der Waals surface area contributed by atoms with Crippen molar-refractivity contribution in [1.29, 1.82) is 0 Å². The third kappa shape index (κ3) is 5.74. The number of nitrogens with one attached hydrogen (secondary N) is 2. The van der Waals surface area contributed by atoms with Crippen molar-refractivity contribution in [3.8, 4) is 0 Å². The fraction of sp³-hybridized carbons (Fsp3) is 0.600. The average molecular weight is 377 g/mol. The van der Waals surface area contributed by atoms with E-state index in [9.17, 15) is 19.1 Å². The van der Waals surface area contributed by atoms with Gasteiger partial charge in [0.05, 0.1) is 6.10 Å². The Morgan fingerprint density at radius 1 is 1.19 bits per heavy atom. The summed E-state index contributed by atoms with van der Waals surface area (Å²) in [6.07, 6.45) is 2.37. The molecule has 1 aliphatic heterocycles. The first-order chi connectivity index (χ1) is 12.9. The van der Waals surface area contributed by atoms with Crippen molar-refractivity contribution in [3.05, 3.63) is 35.6 Å². The first-order valence-electron chi connectivity index (χ1n) is 9.68. The monoisotopic (exact) mass is 377 g/mol. The summed E-state index contributed by atoms with van der Waals surface area (Å²) in [6.45, 7) is 3.93. The molecule has 0 bridgehead atoms. The molecule has 0 radical (unpaired) electrons. The lowest BCUT2D eigenvalue weighted by Gasteiger charge is -2.33. The van der Waals surface area contributed by atoms with Gasteiger partial charge in [-0.05, 0) is 50.3 Å². The van der Waals surface area contributed by atoms with Gasteiger partial charge in [-0.25, -0.2) is 4.39 Å². The summed E-state index contributed by atoms with van der Waals surface area (Å²) in [7, 11) is 0. The van der Waals surface area contributed by atoms with E-state index in [4.69, 9.17) is 0 Å². The van der Waals surface area contributed by atoms with Crippen molar-refractivity contribution in [3.63, 3.8) is 0 Å². The number of carbonyl (C=O) groups is 2. The van der Waals surface area contributed by atoms with E-state index in [1.165, 1.54) is 19.1 Å². The minimum Gasteiger partial charge on any atom is -0.391 e. The Morgan fingerprint density at radius 2 is 1.81 bits per heavy atom. The molecule has 1 saturated heterocycles. The van der Waals surface area contributed by atoms with Gasteiger partial charge in [-0.15, -0.1) is 0 Å². The Bertz CT molecular complexity index is 653. The lowest BCUT2D eigenvalue weighted by molar-refractivity contribution is -0.132. The van der Waals surface area contributed by atoms with Gasteiger partial charge >= 0.3 is 0 Å². The van der Waals surface area contributed by atoms with Crippen LogP contribution in [0.15, 0.2) is 24.3 Å². The third-order valence-electron chi connectivity index (χ3n) is 5.26. The number of amides is 2. The molecule has 1 saturated carbocycles. The Kier molecular flexibility index (Phi) is 6.44. The molecule has 0 aromatic heterocycles. The Morgan fingerprint density at radius 3 is 2.37 bits per heavy atom. The van der Waals surface area contributed by atoms with Crippen molar-refractivity contribution in [2.75, 3.05) is 13.1 Å². The van der Waals surface area contributed by atoms with Gasteiger partial charge in [-0.2, -0.15) is 0 Å². The summed E-state index contributed by atoms with van der Waals surface area (Å²) in [4.78, 5) is 26.7. The number of aliphatic hydroxyl groups is 1. The van der Waals surface area contributed by atoms with Crippen LogP contribution in [0.2, 0.25) is 0 Å². The van der Waals surface area contributed by atoms with E-state index in [1.807, 2.05) is 0 Å². The van der Waals surface area contributed by atoms with Crippen LogP contribution in [-0.4, -0.2) is 53.1 Å². The highest BCUT2D eigenvalue weighted by Crippen LogP contribution is 2.29. The van der Waals surface area contributed by atoms with Crippen LogP contribution in [0.5, 0.6) is 0 Å². The molecule has 1 aromatic carbocycles. The molecular formula is C20H28FN3O3. The summed E-state index contributed by atoms with van der Waals surface area (Å²) in [5.41, 5.74) is 1.07. The van der Waals surface area contributed by atoms with E-state index in [0.29, 0.717) is 0 Å². The number of piperidine rings is 1. The predicted octanol–water partition coefficient (Wildman–Crippen LogP) is 1.18. The molecule has 27 heavy (non-hydrogen) atoms. The number of aliphatic hydroxyl groups excluding tert-OH is 1. The van der Waals surface area contributed by atoms with Crippen LogP contribution >= 0.6 is 0 Å². The lowest BCUT2D eigenvalue weighted by Crippen LogP contribution is -2.56. The maximum Gasteiger partial charge on any atom is 0.245 e. The first kappa shape index (κ1) is 19.8. The second-order valence-corrected chi connectivity index (χ2v) is 7.69. The van der Waals surface area contributed by atoms with Gasteiger partial charge in [0, 0.05) is 31.6 Å². The minimum absolute atomic E-state index is 0.00579. The quantitative estimate of drug-likeness (QED) is 0.667. The normalized spacial score (nSPS) is 20.7.